The number of nitrogen functional groups attached to an aromatic ring is 1. The Labute approximate surface area is 123 Å². The zero-order valence-corrected chi connectivity index (χ0v) is 11.3. The molecule has 0 atom stereocenters. The molecule has 0 radical (unpaired) electrons. The van der Waals surface area contributed by atoms with Crippen molar-refractivity contribution in [1.82, 2.24) is 0 Å². The Kier molecular flexibility index (Phi) is 4.37. The smallest absolute Gasteiger partial charge is 0.341 e. The van der Waals surface area contributed by atoms with Gasteiger partial charge in [0.2, 0.25) is 0 Å². The van der Waals surface area contributed by atoms with Crippen LogP contribution in [-0.4, -0.2) is 5.97 Å². The van der Waals surface area contributed by atoms with Gasteiger partial charge in [-0.1, -0.05) is 11.6 Å². The Balaban J connectivity index is 2.15. The van der Waals surface area contributed by atoms with Gasteiger partial charge in [0.15, 0.2) is 0 Å². The average Bonchev–Trinajstić information content (AvgIpc) is 2.43. The Morgan fingerprint density at radius 2 is 1.81 bits per heavy atom. The SMILES string of the molecule is Nc1cc(F)c(C(=O)OCc2cc(Cl)ccc2F)cc1F. The maximum atomic E-state index is 13.5. The summed E-state index contributed by atoms with van der Waals surface area (Å²) in [5, 5.41) is 0.257. The highest BCUT2D eigenvalue weighted by molar-refractivity contribution is 6.30. The summed E-state index contributed by atoms with van der Waals surface area (Å²) in [5.41, 5.74) is 4.13. The molecule has 7 heteroatoms. The molecule has 0 aromatic heterocycles. The zero-order valence-electron chi connectivity index (χ0n) is 10.5. The van der Waals surface area contributed by atoms with E-state index in [-0.39, 0.29) is 10.6 Å². The van der Waals surface area contributed by atoms with E-state index in [1.807, 2.05) is 0 Å². The van der Waals surface area contributed by atoms with Crippen molar-refractivity contribution < 1.29 is 22.7 Å². The second kappa shape index (κ2) is 6.05. The number of benzene rings is 2. The van der Waals surface area contributed by atoms with Gasteiger partial charge in [-0.15, -0.1) is 0 Å². The van der Waals surface area contributed by atoms with Gasteiger partial charge in [-0.3, -0.25) is 0 Å². The number of rotatable bonds is 3. The molecule has 0 aliphatic rings. The van der Waals surface area contributed by atoms with E-state index in [1.165, 1.54) is 12.1 Å². The second-order valence-electron chi connectivity index (χ2n) is 4.17. The first kappa shape index (κ1) is 15.2. The van der Waals surface area contributed by atoms with E-state index in [1.54, 1.807) is 0 Å². The minimum absolute atomic E-state index is 0.0205. The number of carbonyl (C=O) groups excluding carboxylic acids is 1. The quantitative estimate of drug-likeness (QED) is 0.694. The maximum Gasteiger partial charge on any atom is 0.341 e. The molecular formula is C14H9ClF3NO2. The van der Waals surface area contributed by atoms with Crippen molar-refractivity contribution in [1.29, 1.82) is 0 Å². The fraction of sp³-hybridized carbons (Fsp3) is 0.0714. The van der Waals surface area contributed by atoms with E-state index < -0.39 is 41.3 Å². The summed E-state index contributed by atoms with van der Waals surface area (Å²) in [6.07, 6.45) is 0. The number of hydrogen-bond donors (Lipinski definition) is 1. The van der Waals surface area contributed by atoms with Crippen molar-refractivity contribution in [3.8, 4) is 0 Å². The lowest BCUT2D eigenvalue weighted by Crippen LogP contribution is -2.10. The molecule has 0 bridgehead atoms. The maximum absolute atomic E-state index is 13.5. The van der Waals surface area contributed by atoms with Crippen LogP contribution in [0.25, 0.3) is 0 Å². The number of carbonyl (C=O) groups is 1. The first-order chi connectivity index (χ1) is 9.88. The van der Waals surface area contributed by atoms with Gasteiger partial charge in [-0.05, 0) is 24.3 Å². The highest BCUT2D eigenvalue weighted by Crippen LogP contribution is 2.19. The van der Waals surface area contributed by atoms with Crippen LogP contribution in [0.15, 0.2) is 30.3 Å². The third-order valence-corrected chi connectivity index (χ3v) is 2.91. The third-order valence-electron chi connectivity index (χ3n) is 2.67. The van der Waals surface area contributed by atoms with Crippen molar-refractivity contribution in [2.24, 2.45) is 0 Å². The van der Waals surface area contributed by atoms with Crippen molar-refractivity contribution in [2.45, 2.75) is 6.61 Å². The molecule has 0 amide bonds. The van der Waals surface area contributed by atoms with Crippen molar-refractivity contribution >= 4 is 23.3 Å². The fourth-order valence-electron chi connectivity index (χ4n) is 1.59. The molecule has 3 nitrogen and oxygen atoms in total. The molecule has 0 aliphatic heterocycles. The molecule has 2 aromatic carbocycles. The predicted octanol–water partition coefficient (Wildman–Crippen LogP) is 3.70. The number of nitrogens with two attached hydrogens (primary N) is 1. The van der Waals surface area contributed by atoms with Crippen LogP contribution in [-0.2, 0) is 11.3 Å². The lowest BCUT2D eigenvalue weighted by molar-refractivity contribution is 0.0463. The third kappa shape index (κ3) is 3.46. The van der Waals surface area contributed by atoms with Crippen LogP contribution in [0.4, 0.5) is 18.9 Å². The molecule has 0 unspecified atom stereocenters. The molecule has 0 spiro atoms. The van der Waals surface area contributed by atoms with Crippen molar-refractivity contribution in [2.75, 3.05) is 5.73 Å². The Morgan fingerprint density at radius 1 is 1.10 bits per heavy atom. The summed E-state index contributed by atoms with van der Waals surface area (Å²) in [6, 6.07) is 5.00. The van der Waals surface area contributed by atoms with Crippen LogP contribution in [0.5, 0.6) is 0 Å². The summed E-state index contributed by atoms with van der Waals surface area (Å²) >= 11 is 5.68. The van der Waals surface area contributed by atoms with E-state index in [0.717, 1.165) is 6.07 Å². The summed E-state index contributed by atoms with van der Waals surface area (Å²) < 4.78 is 44.9. The van der Waals surface area contributed by atoms with E-state index in [4.69, 9.17) is 22.1 Å². The normalized spacial score (nSPS) is 10.5. The largest absolute Gasteiger partial charge is 0.457 e. The predicted molar refractivity (Wildman–Crippen MR) is 71.3 cm³/mol. The van der Waals surface area contributed by atoms with Crippen molar-refractivity contribution in [3.05, 3.63) is 63.9 Å². The van der Waals surface area contributed by atoms with Gasteiger partial charge in [0.05, 0.1) is 11.3 Å². The van der Waals surface area contributed by atoms with Gasteiger partial charge >= 0.3 is 5.97 Å². The monoisotopic (exact) mass is 315 g/mol. The van der Waals surface area contributed by atoms with Gasteiger partial charge < -0.3 is 10.5 Å². The Morgan fingerprint density at radius 3 is 2.52 bits per heavy atom. The molecule has 0 heterocycles. The van der Waals surface area contributed by atoms with E-state index >= 15 is 0 Å². The lowest BCUT2D eigenvalue weighted by atomic mass is 10.2. The first-order valence-corrected chi connectivity index (χ1v) is 6.12. The standard InChI is InChI=1S/C14H9ClF3NO2/c15-8-1-2-10(16)7(3-8)6-21-14(20)9-4-12(18)13(19)5-11(9)17/h1-5H,6,19H2. The van der Waals surface area contributed by atoms with Crippen LogP contribution in [0.3, 0.4) is 0 Å². The van der Waals surface area contributed by atoms with E-state index in [9.17, 15) is 18.0 Å². The first-order valence-electron chi connectivity index (χ1n) is 5.74. The highest BCUT2D eigenvalue weighted by atomic mass is 35.5. The van der Waals surface area contributed by atoms with Crippen LogP contribution < -0.4 is 5.73 Å². The molecule has 0 aliphatic carbocycles. The Hall–Kier alpha value is -2.21. The van der Waals surface area contributed by atoms with Crippen molar-refractivity contribution in [3.63, 3.8) is 0 Å². The highest BCUT2D eigenvalue weighted by Gasteiger charge is 2.17. The zero-order chi connectivity index (χ0) is 15.6. The topological polar surface area (TPSA) is 52.3 Å². The number of anilines is 1. The van der Waals surface area contributed by atoms with E-state index in [0.29, 0.717) is 12.1 Å². The summed E-state index contributed by atoms with van der Waals surface area (Å²) in [6.45, 7) is -0.462. The van der Waals surface area contributed by atoms with Gasteiger partial charge in [0, 0.05) is 16.7 Å². The van der Waals surface area contributed by atoms with Gasteiger partial charge in [-0.25, -0.2) is 18.0 Å². The second-order valence-corrected chi connectivity index (χ2v) is 4.60. The minimum atomic E-state index is -1.13. The van der Waals surface area contributed by atoms with E-state index in [2.05, 4.69) is 0 Å². The molecule has 21 heavy (non-hydrogen) atoms. The summed E-state index contributed by atoms with van der Waals surface area (Å²) in [4.78, 5) is 11.7. The number of hydrogen-bond acceptors (Lipinski definition) is 3. The van der Waals surface area contributed by atoms with Gasteiger partial charge in [0.25, 0.3) is 0 Å². The molecule has 0 fully saturated rings. The Bertz CT molecular complexity index is 707. The molecule has 2 rings (SSSR count). The number of halogens is 4. The van der Waals surface area contributed by atoms with Crippen LogP contribution in [0.1, 0.15) is 15.9 Å². The molecule has 0 saturated carbocycles. The van der Waals surface area contributed by atoms with Gasteiger partial charge in [0.1, 0.15) is 24.1 Å². The number of ether oxygens (including phenoxy) is 1. The molecule has 110 valence electrons. The van der Waals surface area contributed by atoms with Gasteiger partial charge in [-0.2, -0.15) is 0 Å². The lowest BCUT2D eigenvalue weighted by Gasteiger charge is -2.08. The molecule has 0 saturated heterocycles. The van der Waals surface area contributed by atoms with Crippen LogP contribution in [0.2, 0.25) is 5.02 Å². The molecule has 2 aromatic rings. The average molecular weight is 316 g/mol. The summed E-state index contributed by atoms with van der Waals surface area (Å²) in [7, 11) is 0. The van der Waals surface area contributed by atoms with Crippen LogP contribution >= 0.6 is 11.6 Å². The number of esters is 1. The summed E-state index contributed by atoms with van der Waals surface area (Å²) in [5.74, 6) is -3.73. The minimum Gasteiger partial charge on any atom is -0.457 e. The van der Waals surface area contributed by atoms with Crippen LogP contribution in [0, 0.1) is 17.5 Å². The molecule has 2 N–H and O–H groups in total. The molecular weight excluding hydrogens is 307 g/mol. The fourth-order valence-corrected chi connectivity index (χ4v) is 1.79.